The van der Waals surface area contributed by atoms with E-state index in [0.717, 1.165) is 12.0 Å². The predicted molar refractivity (Wildman–Crippen MR) is 75.0 cm³/mol. The Bertz CT molecular complexity index is 533. The Kier molecular flexibility index (Phi) is 4.68. The van der Waals surface area contributed by atoms with Crippen molar-refractivity contribution >= 4 is 17.4 Å². The molecule has 0 atom stereocenters. The molecule has 100 valence electrons. The number of pyridine rings is 2. The number of alkyl halides is 1. The van der Waals surface area contributed by atoms with Crippen molar-refractivity contribution in [1.82, 2.24) is 9.97 Å². The summed E-state index contributed by atoms with van der Waals surface area (Å²) in [5.74, 6) is 0.154. The van der Waals surface area contributed by atoms with Gasteiger partial charge in [-0.3, -0.25) is 4.98 Å². The van der Waals surface area contributed by atoms with Gasteiger partial charge in [0.05, 0.1) is 5.88 Å². The highest BCUT2D eigenvalue weighted by Gasteiger charge is 2.12. The first-order valence-electron chi connectivity index (χ1n) is 6.01. The number of hydrogen-bond donors (Lipinski definition) is 0. The van der Waals surface area contributed by atoms with Crippen LogP contribution in [0.4, 0.5) is 10.2 Å². The highest BCUT2D eigenvalue weighted by molar-refractivity contribution is 6.17. The minimum atomic E-state index is -0.338. The number of anilines is 1. The van der Waals surface area contributed by atoms with Gasteiger partial charge in [-0.05, 0) is 30.2 Å². The fraction of sp³-hybridized carbons (Fsp3) is 0.286. The molecule has 0 aliphatic rings. The van der Waals surface area contributed by atoms with Crippen LogP contribution in [0.2, 0.25) is 0 Å². The van der Waals surface area contributed by atoms with Gasteiger partial charge in [-0.15, -0.1) is 11.6 Å². The van der Waals surface area contributed by atoms with Gasteiger partial charge in [0, 0.05) is 37.7 Å². The molecule has 0 bridgehead atoms. The van der Waals surface area contributed by atoms with Crippen molar-refractivity contribution in [2.75, 3.05) is 18.5 Å². The Morgan fingerprint density at radius 2 is 1.95 bits per heavy atom. The average molecular weight is 280 g/mol. The minimum absolute atomic E-state index is 0.152. The Labute approximate surface area is 117 Å². The molecule has 0 saturated heterocycles. The van der Waals surface area contributed by atoms with Gasteiger partial charge in [0.2, 0.25) is 0 Å². The Morgan fingerprint density at radius 3 is 2.63 bits per heavy atom. The van der Waals surface area contributed by atoms with Crippen LogP contribution >= 0.6 is 11.6 Å². The van der Waals surface area contributed by atoms with Crippen molar-refractivity contribution in [2.24, 2.45) is 0 Å². The van der Waals surface area contributed by atoms with Crippen LogP contribution in [0.25, 0.3) is 0 Å². The fourth-order valence-corrected chi connectivity index (χ4v) is 2.00. The van der Waals surface area contributed by atoms with Crippen LogP contribution in [0.3, 0.4) is 0 Å². The summed E-state index contributed by atoms with van der Waals surface area (Å²) in [7, 11) is 1.82. The lowest BCUT2D eigenvalue weighted by Crippen LogP contribution is -2.23. The van der Waals surface area contributed by atoms with E-state index in [-0.39, 0.29) is 11.7 Å². The van der Waals surface area contributed by atoms with Crippen LogP contribution in [0, 0.1) is 5.82 Å². The third-order valence-electron chi connectivity index (χ3n) is 2.94. The van der Waals surface area contributed by atoms with Gasteiger partial charge in [0.15, 0.2) is 11.6 Å². The number of likely N-dealkylation sites (N-methyl/N-ethyl adjacent to an activating group) is 1. The van der Waals surface area contributed by atoms with E-state index in [1.165, 1.54) is 0 Å². The second-order valence-electron chi connectivity index (χ2n) is 4.27. The molecular formula is C14H15ClFN3. The summed E-state index contributed by atoms with van der Waals surface area (Å²) in [5.41, 5.74) is 1.64. The van der Waals surface area contributed by atoms with E-state index in [1.54, 1.807) is 29.6 Å². The van der Waals surface area contributed by atoms with Gasteiger partial charge < -0.3 is 4.90 Å². The smallest absolute Gasteiger partial charge is 0.170 e. The first-order valence-corrected chi connectivity index (χ1v) is 6.55. The van der Waals surface area contributed by atoms with Crippen molar-refractivity contribution in [3.05, 3.63) is 53.7 Å². The van der Waals surface area contributed by atoms with Crippen molar-refractivity contribution in [3.8, 4) is 0 Å². The zero-order valence-corrected chi connectivity index (χ0v) is 11.4. The van der Waals surface area contributed by atoms with E-state index in [4.69, 9.17) is 11.6 Å². The monoisotopic (exact) mass is 279 g/mol. The van der Waals surface area contributed by atoms with Crippen LogP contribution in [0.15, 0.2) is 36.8 Å². The lowest BCUT2D eigenvalue weighted by Gasteiger charge is -2.19. The zero-order chi connectivity index (χ0) is 13.7. The molecule has 2 rings (SSSR count). The maximum absolute atomic E-state index is 14.1. The lowest BCUT2D eigenvalue weighted by molar-refractivity contribution is 0.604. The second kappa shape index (κ2) is 6.48. The lowest BCUT2D eigenvalue weighted by atomic mass is 10.2. The normalized spacial score (nSPS) is 10.5. The third kappa shape index (κ3) is 3.41. The molecule has 0 amide bonds. The van der Waals surface area contributed by atoms with Crippen LogP contribution < -0.4 is 4.90 Å². The molecule has 0 unspecified atom stereocenters. The van der Waals surface area contributed by atoms with Crippen molar-refractivity contribution < 1.29 is 4.39 Å². The number of halogens is 2. The molecule has 2 heterocycles. The van der Waals surface area contributed by atoms with E-state index in [1.807, 2.05) is 19.2 Å². The number of nitrogens with zero attached hydrogens (tertiary/aromatic N) is 3. The number of rotatable bonds is 5. The quantitative estimate of drug-likeness (QED) is 0.788. The Morgan fingerprint density at radius 1 is 1.21 bits per heavy atom. The summed E-state index contributed by atoms with van der Waals surface area (Å²) >= 11 is 5.69. The highest BCUT2D eigenvalue weighted by Crippen LogP contribution is 2.19. The molecule has 0 spiro atoms. The first-order chi connectivity index (χ1) is 9.22. The molecule has 0 radical (unpaired) electrons. The van der Waals surface area contributed by atoms with Crippen molar-refractivity contribution in [1.29, 1.82) is 0 Å². The molecule has 2 aromatic heterocycles. The number of hydrogen-bond acceptors (Lipinski definition) is 3. The van der Waals surface area contributed by atoms with Crippen molar-refractivity contribution in [3.63, 3.8) is 0 Å². The Hall–Kier alpha value is -1.68. The van der Waals surface area contributed by atoms with Gasteiger partial charge in [-0.25, -0.2) is 9.37 Å². The van der Waals surface area contributed by atoms with Gasteiger partial charge in [0.25, 0.3) is 0 Å². The fourth-order valence-electron chi connectivity index (χ4n) is 1.79. The van der Waals surface area contributed by atoms with E-state index in [9.17, 15) is 4.39 Å². The van der Waals surface area contributed by atoms with Gasteiger partial charge in [0.1, 0.15) is 0 Å². The number of aromatic nitrogens is 2. The van der Waals surface area contributed by atoms with Gasteiger partial charge >= 0.3 is 0 Å². The summed E-state index contributed by atoms with van der Waals surface area (Å²) in [6.45, 7) is 0.680. The summed E-state index contributed by atoms with van der Waals surface area (Å²) in [4.78, 5) is 9.84. The molecular weight excluding hydrogens is 265 g/mol. The molecule has 5 heteroatoms. The summed E-state index contributed by atoms with van der Waals surface area (Å²) in [5, 5.41) is 0. The minimum Gasteiger partial charge on any atom is -0.357 e. The molecule has 0 N–H and O–H groups in total. The zero-order valence-electron chi connectivity index (χ0n) is 10.7. The molecule has 0 aliphatic carbocycles. The first kappa shape index (κ1) is 13.7. The van der Waals surface area contributed by atoms with Gasteiger partial charge in [-0.2, -0.15) is 0 Å². The van der Waals surface area contributed by atoms with Gasteiger partial charge in [-0.1, -0.05) is 0 Å². The molecule has 19 heavy (non-hydrogen) atoms. The van der Waals surface area contributed by atoms with Crippen molar-refractivity contribution in [2.45, 2.75) is 12.3 Å². The summed E-state index contributed by atoms with van der Waals surface area (Å²) < 4.78 is 14.1. The summed E-state index contributed by atoms with van der Waals surface area (Å²) in [6.07, 6.45) is 5.90. The molecule has 3 nitrogen and oxygen atoms in total. The molecule has 2 aromatic rings. The highest BCUT2D eigenvalue weighted by atomic mass is 35.5. The summed E-state index contributed by atoms with van der Waals surface area (Å²) in [6, 6.07) is 5.50. The topological polar surface area (TPSA) is 29.0 Å². The SMILES string of the molecule is CN(CCc1ccncc1)c1nccc(CCl)c1F. The van der Waals surface area contributed by atoms with Crippen LogP contribution in [-0.2, 0) is 12.3 Å². The molecule has 0 fully saturated rings. The molecule has 0 saturated carbocycles. The Balaban J connectivity index is 2.06. The van der Waals surface area contributed by atoms with E-state index < -0.39 is 0 Å². The third-order valence-corrected chi connectivity index (χ3v) is 3.23. The predicted octanol–water partition coefficient (Wildman–Crippen LogP) is 3.03. The maximum atomic E-state index is 14.1. The molecule has 0 aromatic carbocycles. The second-order valence-corrected chi connectivity index (χ2v) is 4.54. The largest absolute Gasteiger partial charge is 0.357 e. The van der Waals surface area contributed by atoms with E-state index in [2.05, 4.69) is 9.97 Å². The van der Waals surface area contributed by atoms with Crippen LogP contribution in [-0.4, -0.2) is 23.6 Å². The molecule has 0 aliphatic heterocycles. The standard InChI is InChI=1S/C14H15ClFN3/c1-19(9-5-11-2-6-17-7-3-11)14-13(16)12(10-15)4-8-18-14/h2-4,6-8H,5,9-10H2,1H3. The van der Waals surface area contributed by atoms with Crippen LogP contribution in [0.1, 0.15) is 11.1 Å². The van der Waals surface area contributed by atoms with E-state index >= 15 is 0 Å². The van der Waals surface area contributed by atoms with E-state index in [0.29, 0.717) is 17.9 Å². The maximum Gasteiger partial charge on any atom is 0.170 e. The average Bonchev–Trinajstić information content (AvgIpc) is 2.46. The van der Waals surface area contributed by atoms with Crippen LogP contribution in [0.5, 0.6) is 0 Å².